The molecule has 2 fully saturated rings. The van der Waals surface area contributed by atoms with E-state index < -0.39 is 30.0 Å². The number of ether oxygens (including phenoxy) is 1. The molecule has 8 heteroatoms. The largest absolute Gasteiger partial charge is 0.352 e. The molecule has 0 aromatic rings. The van der Waals surface area contributed by atoms with Crippen LogP contribution in [-0.4, -0.2) is 49.2 Å². The first kappa shape index (κ1) is 20.6. The highest BCUT2D eigenvalue weighted by Crippen LogP contribution is 2.38. The van der Waals surface area contributed by atoms with Crippen molar-refractivity contribution in [1.29, 1.82) is 0 Å². The summed E-state index contributed by atoms with van der Waals surface area (Å²) in [6.45, 7) is 3.10. The third-order valence-electron chi connectivity index (χ3n) is 5.82. The van der Waals surface area contributed by atoms with Gasteiger partial charge >= 0.3 is 0 Å². The maximum absolute atomic E-state index is 14.8. The Morgan fingerprint density at radius 1 is 1.56 bits per heavy atom. The summed E-state index contributed by atoms with van der Waals surface area (Å²) in [6, 6.07) is -0.716. The minimum Gasteiger partial charge on any atom is -0.352 e. The number of terminal acetylenes is 1. The fourth-order valence-corrected chi connectivity index (χ4v) is 4.72. The minimum atomic E-state index is -1.05. The second-order valence-corrected chi connectivity index (χ2v) is 8.25. The van der Waals surface area contributed by atoms with Crippen LogP contribution in [-0.2, 0) is 9.53 Å². The van der Waals surface area contributed by atoms with Crippen molar-refractivity contribution in [2.24, 2.45) is 17.6 Å². The number of halogens is 2. The molecule has 3 rings (SSSR count). The molecule has 1 amide bonds. The third-order valence-corrected chi connectivity index (χ3v) is 6.17. The monoisotopic (exact) mass is 398 g/mol. The number of amides is 1. The highest BCUT2D eigenvalue weighted by atomic mass is 35.5. The lowest BCUT2D eigenvalue weighted by Crippen LogP contribution is -2.65. The first-order chi connectivity index (χ1) is 12.8. The first-order valence-corrected chi connectivity index (χ1v) is 9.90. The zero-order valence-corrected chi connectivity index (χ0v) is 16.3. The van der Waals surface area contributed by atoms with Crippen molar-refractivity contribution in [2.75, 3.05) is 13.2 Å². The molecule has 1 saturated heterocycles. The maximum Gasteiger partial charge on any atom is 0.242 e. The molecule has 0 bridgehead atoms. The molecule has 1 aliphatic carbocycles. The van der Waals surface area contributed by atoms with Crippen LogP contribution < -0.4 is 21.7 Å². The van der Waals surface area contributed by atoms with E-state index >= 15 is 0 Å². The van der Waals surface area contributed by atoms with Gasteiger partial charge in [0.1, 0.15) is 12.2 Å². The molecule has 3 aliphatic rings. The predicted octanol–water partition coefficient (Wildman–Crippen LogP) is 0.964. The van der Waals surface area contributed by atoms with Crippen LogP contribution in [0.5, 0.6) is 0 Å². The van der Waals surface area contributed by atoms with E-state index in [4.69, 9.17) is 28.5 Å². The Bertz CT molecular complexity index is 640. The van der Waals surface area contributed by atoms with E-state index in [0.717, 1.165) is 0 Å². The van der Waals surface area contributed by atoms with Gasteiger partial charge in [-0.1, -0.05) is 30.5 Å². The SMILES string of the molecule is C#CC1(C2CC(NC(=O)C3NCC(C)C=C3Cl)CCC2F)CCOC(N)N1. The van der Waals surface area contributed by atoms with Gasteiger partial charge in [-0.3, -0.25) is 15.8 Å². The summed E-state index contributed by atoms with van der Waals surface area (Å²) in [5.74, 6) is 2.39. The van der Waals surface area contributed by atoms with Gasteiger partial charge < -0.3 is 15.4 Å². The lowest BCUT2D eigenvalue weighted by atomic mass is 9.70. The Morgan fingerprint density at radius 3 is 3.00 bits per heavy atom. The van der Waals surface area contributed by atoms with Crippen LogP contribution in [0.3, 0.4) is 0 Å². The van der Waals surface area contributed by atoms with Crippen molar-refractivity contribution in [2.45, 2.75) is 62.8 Å². The van der Waals surface area contributed by atoms with E-state index in [0.29, 0.717) is 43.9 Å². The van der Waals surface area contributed by atoms with Gasteiger partial charge in [0.2, 0.25) is 5.91 Å². The van der Waals surface area contributed by atoms with E-state index in [-0.39, 0.29) is 17.9 Å². The van der Waals surface area contributed by atoms with Crippen LogP contribution in [0.2, 0.25) is 0 Å². The van der Waals surface area contributed by atoms with E-state index in [1.165, 1.54) is 0 Å². The zero-order chi connectivity index (χ0) is 19.6. The lowest BCUT2D eigenvalue weighted by molar-refractivity contribution is -0.123. The Kier molecular flexibility index (Phi) is 6.44. The zero-order valence-electron chi connectivity index (χ0n) is 15.5. The molecule has 6 nitrogen and oxygen atoms in total. The molecule has 0 radical (unpaired) electrons. The van der Waals surface area contributed by atoms with Gasteiger partial charge in [0.05, 0.1) is 12.1 Å². The van der Waals surface area contributed by atoms with E-state index in [1.807, 2.05) is 13.0 Å². The molecule has 2 heterocycles. The van der Waals surface area contributed by atoms with Crippen LogP contribution in [0.15, 0.2) is 11.1 Å². The first-order valence-electron chi connectivity index (χ1n) is 9.52. The van der Waals surface area contributed by atoms with Gasteiger partial charge in [-0.25, -0.2) is 4.39 Å². The molecule has 7 unspecified atom stereocenters. The minimum absolute atomic E-state index is 0.161. The number of rotatable bonds is 3. The lowest BCUT2D eigenvalue weighted by Gasteiger charge is -2.47. The molecule has 1 saturated carbocycles. The van der Waals surface area contributed by atoms with Crippen LogP contribution in [0.4, 0.5) is 4.39 Å². The molecular weight excluding hydrogens is 371 g/mol. The molecule has 0 spiro atoms. The highest BCUT2D eigenvalue weighted by molar-refractivity contribution is 6.32. The number of nitrogens with two attached hydrogens (primary N) is 1. The molecule has 5 N–H and O–H groups in total. The summed E-state index contributed by atoms with van der Waals surface area (Å²) >= 11 is 6.24. The third kappa shape index (κ3) is 4.47. The number of carbonyl (C=O) groups is 1. The van der Waals surface area contributed by atoms with Crippen LogP contribution >= 0.6 is 11.6 Å². The quantitative estimate of drug-likeness (QED) is 0.532. The number of alkyl halides is 1. The summed E-state index contributed by atoms with van der Waals surface area (Å²) in [5.41, 5.74) is 4.96. The predicted molar refractivity (Wildman–Crippen MR) is 102 cm³/mol. The van der Waals surface area contributed by atoms with Gasteiger partial charge in [-0.15, -0.1) is 6.42 Å². The normalized spacial score (nSPS) is 42.7. The molecule has 2 aliphatic heterocycles. The molecule has 7 atom stereocenters. The van der Waals surface area contributed by atoms with E-state index in [9.17, 15) is 9.18 Å². The standard InChI is InChI=1S/C19H28ClFN4O2/c1-3-19(6-7-27-18(22)25-19)13-9-12(4-5-15(13)21)24-17(26)16-14(20)8-11(2)10-23-16/h1,8,11-13,15-16,18,23,25H,4-7,9-10,22H2,2H3,(H,24,26). The van der Waals surface area contributed by atoms with Crippen LogP contribution in [0.1, 0.15) is 32.6 Å². The van der Waals surface area contributed by atoms with Gasteiger partial charge in [0.25, 0.3) is 0 Å². The second-order valence-electron chi connectivity index (χ2n) is 7.81. The highest BCUT2D eigenvalue weighted by Gasteiger charge is 2.48. The summed E-state index contributed by atoms with van der Waals surface area (Å²) < 4.78 is 20.1. The summed E-state index contributed by atoms with van der Waals surface area (Å²) in [6.07, 6.45) is 7.74. The fourth-order valence-electron chi connectivity index (χ4n) is 4.33. The Morgan fingerprint density at radius 2 is 2.33 bits per heavy atom. The smallest absolute Gasteiger partial charge is 0.242 e. The summed E-state index contributed by atoms with van der Waals surface area (Å²) in [4.78, 5) is 12.7. The van der Waals surface area contributed by atoms with Gasteiger partial charge in [-0.05, 0) is 25.2 Å². The number of carbonyl (C=O) groups excluding carboxylic acids is 1. The van der Waals surface area contributed by atoms with Gasteiger partial charge in [0, 0.05) is 30.0 Å². The maximum atomic E-state index is 14.8. The van der Waals surface area contributed by atoms with E-state index in [2.05, 4.69) is 21.9 Å². The number of hydrogen-bond donors (Lipinski definition) is 4. The van der Waals surface area contributed by atoms with Gasteiger partial charge in [0.15, 0.2) is 6.35 Å². The van der Waals surface area contributed by atoms with Crippen LogP contribution in [0.25, 0.3) is 0 Å². The Balaban J connectivity index is 1.67. The van der Waals surface area contributed by atoms with Crippen molar-refractivity contribution in [1.82, 2.24) is 16.0 Å². The molecule has 0 aromatic carbocycles. The number of hydrogen-bond acceptors (Lipinski definition) is 5. The average Bonchev–Trinajstić information content (AvgIpc) is 2.63. The molecule has 27 heavy (non-hydrogen) atoms. The van der Waals surface area contributed by atoms with Gasteiger partial charge in [-0.2, -0.15) is 0 Å². The molecular formula is C19H28ClFN4O2. The van der Waals surface area contributed by atoms with Crippen molar-refractivity contribution in [3.63, 3.8) is 0 Å². The average molecular weight is 399 g/mol. The Hall–Kier alpha value is -1.17. The summed E-state index contributed by atoms with van der Waals surface area (Å²) in [7, 11) is 0. The fraction of sp³-hybridized carbons (Fsp3) is 0.737. The van der Waals surface area contributed by atoms with Crippen LogP contribution in [0, 0.1) is 24.2 Å². The second kappa shape index (κ2) is 8.46. The van der Waals surface area contributed by atoms with Crippen molar-refractivity contribution >= 4 is 17.5 Å². The molecule has 0 aromatic heterocycles. The van der Waals surface area contributed by atoms with E-state index in [1.54, 1.807) is 0 Å². The topological polar surface area (TPSA) is 88.4 Å². The molecule has 150 valence electrons. The Labute approximate surface area is 164 Å². The summed E-state index contributed by atoms with van der Waals surface area (Å²) in [5, 5.41) is 9.73. The van der Waals surface area contributed by atoms with Crippen molar-refractivity contribution in [3.8, 4) is 12.3 Å². The van der Waals surface area contributed by atoms with Crippen molar-refractivity contribution in [3.05, 3.63) is 11.1 Å². The number of nitrogens with one attached hydrogen (secondary N) is 3. The van der Waals surface area contributed by atoms with Crippen molar-refractivity contribution < 1.29 is 13.9 Å².